The highest BCUT2D eigenvalue weighted by Gasteiger charge is 2.06. The lowest BCUT2D eigenvalue weighted by Gasteiger charge is -1.98. The van der Waals surface area contributed by atoms with Crippen molar-refractivity contribution in [3.63, 3.8) is 0 Å². The summed E-state index contributed by atoms with van der Waals surface area (Å²) in [5.74, 6) is -0.301. The molecule has 1 aromatic rings. The highest BCUT2D eigenvalue weighted by Crippen LogP contribution is 2.13. The molecular formula is C12H18N2O2. The first-order chi connectivity index (χ1) is 7.56. The van der Waals surface area contributed by atoms with Crippen molar-refractivity contribution in [1.82, 2.24) is 9.78 Å². The number of ether oxygens (including phenoxy) is 1. The molecule has 0 aromatic carbocycles. The van der Waals surface area contributed by atoms with Crippen molar-refractivity contribution in [2.24, 2.45) is 7.05 Å². The van der Waals surface area contributed by atoms with Crippen LogP contribution < -0.4 is 0 Å². The van der Waals surface area contributed by atoms with Crippen molar-refractivity contribution in [2.75, 3.05) is 6.61 Å². The fraction of sp³-hybridized carbons (Fsp3) is 0.500. The first kappa shape index (κ1) is 12.5. The molecule has 0 saturated heterocycles. The second-order valence-electron chi connectivity index (χ2n) is 3.71. The Hall–Kier alpha value is -1.58. The van der Waals surface area contributed by atoms with Crippen molar-refractivity contribution < 1.29 is 9.53 Å². The van der Waals surface area contributed by atoms with E-state index in [9.17, 15) is 4.79 Å². The monoisotopic (exact) mass is 222 g/mol. The van der Waals surface area contributed by atoms with E-state index in [2.05, 4.69) is 5.10 Å². The van der Waals surface area contributed by atoms with Gasteiger partial charge in [0.25, 0.3) is 0 Å². The van der Waals surface area contributed by atoms with E-state index in [-0.39, 0.29) is 5.97 Å². The highest BCUT2D eigenvalue weighted by molar-refractivity contribution is 5.87. The summed E-state index contributed by atoms with van der Waals surface area (Å²) in [6.07, 6.45) is 4.05. The zero-order chi connectivity index (χ0) is 12.1. The van der Waals surface area contributed by atoms with Crippen molar-refractivity contribution in [1.29, 1.82) is 0 Å². The van der Waals surface area contributed by atoms with Gasteiger partial charge < -0.3 is 4.74 Å². The molecule has 0 amide bonds. The third-order valence-corrected chi connectivity index (χ3v) is 2.40. The average Bonchev–Trinajstić information content (AvgIpc) is 2.48. The van der Waals surface area contributed by atoms with E-state index in [0.29, 0.717) is 6.61 Å². The van der Waals surface area contributed by atoms with Gasteiger partial charge in [0.1, 0.15) is 0 Å². The SMILES string of the molecule is CCCOC(=O)C=Cc1c(C)nn(C)c1C. The van der Waals surface area contributed by atoms with E-state index in [1.165, 1.54) is 6.08 Å². The second-order valence-corrected chi connectivity index (χ2v) is 3.71. The minimum absolute atomic E-state index is 0.301. The fourth-order valence-electron chi connectivity index (χ4n) is 1.43. The number of rotatable bonds is 4. The van der Waals surface area contributed by atoms with Crippen LogP contribution in [0.25, 0.3) is 6.08 Å². The molecule has 0 radical (unpaired) electrons. The summed E-state index contributed by atoms with van der Waals surface area (Å²) in [7, 11) is 1.88. The zero-order valence-corrected chi connectivity index (χ0v) is 10.3. The summed E-state index contributed by atoms with van der Waals surface area (Å²) in [5, 5.41) is 4.26. The molecule has 1 heterocycles. The van der Waals surface area contributed by atoms with E-state index in [0.717, 1.165) is 23.4 Å². The van der Waals surface area contributed by atoms with E-state index >= 15 is 0 Å². The summed E-state index contributed by atoms with van der Waals surface area (Å²) in [6, 6.07) is 0. The van der Waals surface area contributed by atoms with Gasteiger partial charge in [-0.3, -0.25) is 4.68 Å². The summed E-state index contributed by atoms with van der Waals surface area (Å²) >= 11 is 0. The van der Waals surface area contributed by atoms with Gasteiger partial charge in [-0.2, -0.15) is 5.10 Å². The molecule has 4 heteroatoms. The van der Waals surface area contributed by atoms with Gasteiger partial charge in [0.05, 0.1) is 12.3 Å². The number of aromatic nitrogens is 2. The van der Waals surface area contributed by atoms with E-state index in [1.54, 1.807) is 10.8 Å². The standard InChI is InChI=1S/C12H18N2O2/c1-5-8-16-12(15)7-6-11-9(2)13-14(4)10(11)3/h6-7H,5,8H2,1-4H3. The lowest BCUT2D eigenvalue weighted by atomic mass is 10.2. The van der Waals surface area contributed by atoms with E-state index in [1.807, 2.05) is 27.8 Å². The quantitative estimate of drug-likeness (QED) is 0.578. The number of esters is 1. The molecule has 16 heavy (non-hydrogen) atoms. The predicted molar refractivity (Wildman–Crippen MR) is 63.0 cm³/mol. The Morgan fingerprint density at radius 2 is 2.19 bits per heavy atom. The smallest absolute Gasteiger partial charge is 0.330 e. The molecular weight excluding hydrogens is 204 g/mol. The van der Waals surface area contributed by atoms with Gasteiger partial charge in [0.2, 0.25) is 0 Å². The van der Waals surface area contributed by atoms with Crippen LogP contribution >= 0.6 is 0 Å². The van der Waals surface area contributed by atoms with Crippen LogP contribution in [-0.2, 0) is 16.6 Å². The van der Waals surface area contributed by atoms with Crippen LogP contribution in [0.1, 0.15) is 30.3 Å². The number of aryl methyl sites for hydroxylation is 2. The van der Waals surface area contributed by atoms with Gasteiger partial charge in [-0.15, -0.1) is 0 Å². The number of carbonyl (C=O) groups excluding carboxylic acids is 1. The Balaban J connectivity index is 2.72. The van der Waals surface area contributed by atoms with Crippen molar-refractivity contribution in [3.8, 4) is 0 Å². The summed E-state index contributed by atoms with van der Waals surface area (Å²) in [5.41, 5.74) is 2.94. The highest BCUT2D eigenvalue weighted by atomic mass is 16.5. The molecule has 0 saturated carbocycles. The second kappa shape index (κ2) is 5.49. The van der Waals surface area contributed by atoms with Gasteiger partial charge in [0, 0.05) is 24.4 Å². The molecule has 0 spiro atoms. The maximum atomic E-state index is 11.3. The first-order valence-corrected chi connectivity index (χ1v) is 5.41. The van der Waals surface area contributed by atoms with Gasteiger partial charge in [-0.1, -0.05) is 6.92 Å². The molecule has 1 rings (SSSR count). The van der Waals surface area contributed by atoms with Crippen LogP contribution in [0.15, 0.2) is 6.08 Å². The Kier molecular flexibility index (Phi) is 4.28. The Bertz CT molecular complexity index is 405. The zero-order valence-electron chi connectivity index (χ0n) is 10.3. The molecule has 0 unspecified atom stereocenters. The number of carbonyl (C=O) groups is 1. The van der Waals surface area contributed by atoms with Crippen molar-refractivity contribution in [3.05, 3.63) is 23.0 Å². The number of hydrogen-bond donors (Lipinski definition) is 0. The molecule has 88 valence electrons. The van der Waals surface area contributed by atoms with Crippen LogP contribution in [0, 0.1) is 13.8 Å². The predicted octanol–water partition coefficient (Wildman–Crippen LogP) is 2.00. The third-order valence-electron chi connectivity index (χ3n) is 2.40. The normalized spacial score (nSPS) is 11.0. The molecule has 4 nitrogen and oxygen atoms in total. The van der Waals surface area contributed by atoms with Crippen molar-refractivity contribution in [2.45, 2.75) is 27.2 Å². The Morgan fingerprint density at radius 3 is 2.69 bits per heavy atom. The lowest BCUT2D eigenvalue weighted by Crippen LogP contribution is -2.00. The molecule has 0 atom stereocenters. The molecule has 0 N–H and O–H groups in total. The van der Waals surface area contributed by atoms with Gasteiger partial charge in [-0.25, -0.2) is 4.79 Å². The summed E-state index contributed by atoms with van der Waals surface area (Å²) in [4.78, 5) is 11.3. The Labute approximate surface area is 95.9 Å². The molecule has 0 bridgehead atoms. The topological polar surface area (TPSA) is 44.1 Å². The van der Waals surface area contributed by atoms with Crippen LogP contribution in [0.2, 0.25) is 0 Å². The molecule has 0 fully saturated rings. The molecule has 1 aromatic heterocycles. The van der Waals surface area contributed by atoms with Crippen LogP contribution in [0.3, 0.4) is 0 Å². The maximum absolute atomic E-state index is 11.3. The third kappa shape index (κ3) is 2.95. The molecule has 0 aliphatic heterocycles. The van der Waals surface area contributed by atoms with Gasteiger partial charge in [-0.05, 0) is 26.3 Å². The molecule has 0 aliphatic carbocycles. The van der Waals surface area contributed by atoms with E-state index in [4.69, 9.17) is 4.74 Å². The largest absolute Gasteiger partial charge is 0.463 e. The number of nitrogens with zero attached hydrogens (tertiary/aromatic N) is 2. The van der Waals surface area contributed by atoms with Crippen molar-refractivity contribution >= 4 is 12.0 Å². The minimum atomic E-state index is -0.301. The maximum Gasteiger partial charge on any atom is 0.330 e. The minimum Gasteiger partial charge on any atom is -0.463 e. The number of hydrogen-bond acceptors (Lipinski definition) is 3. The average molecular weight is 222 g/mol. The first-order valence-electron chi connectivity index (χ1n) is 5.41. The van der Waals surface area contributed by atoms with Crippen LogP contribution in [0.4, 0.5) is 0 Å². The summed E-state index contributed by atoms with van der Waals surface area (Å²) < 4.78 is 6.74. The van der Waals surface area contributed by atoms with Crippen LogP contribution in [0.5, 0.6) is 0 Å². The molecule has 0 aliphatic rings. The van der Waals surface area contributed by atoms with Gasteiger partial charge in [0.15, 0.2) is 0 Å². The Morgan fingerprint density at radius 1 is 1.50 bits per heavy atom. The van der Waals surface area contributed by atoms with Gasteiger partial charge >= 0.3 is 5.97 Å². The van der Waals surface area contributed by atoms with E-state index < -0.39 is 0 Å². The fourth-order valence-corrected chi connectivity index (χ4v) is 1.43. The van der Waals surface area contributed by atoms with Crippen LogP contribution in [-0.4, -0.2) is 22.4 Å². The lowest BCUT2D eigenvalue weighted by molar-refractivity contribution is -0.137. The summed E-state index contributed by atoms with van der Waals surface area (Å²) in [6.45, 7) is 6.32.